The molecular weight excluding hydrogens is 1730 g/mol. The number of nitrogen functional groups attached to an aromatic ring is 4. The monoisotopic (exact) mass is 1800 g/mol. The number of benzene rings is 2. The van der Waals surface area contributed by atoms with Gasteiger partial charge in [-0.25, -0.2) is 0 Å². The number of phenolic OH excluding ortho intramolecular Hbond substituents is 2. The van der Waals surface area contributed by atoms with Crippen LogP contribution in [0.5, 0.6) is 11.5 Å². The molecule has 52 heteroatoms. The summed E-state index contributed by atoms with van der Waals surface area (Å²) in [5, 5.41) is 92.7. The molecule has 0 saturated heterocycles. The molecule has 0 amide bonds. The van der Waals surface area contributed by atoms with E-state index in [1.54, 1.807) is 90.1 Å². The van der Waals surface area contributed by atoms with E-state index in [9.17, 15) is 91.0 Å². The number of alkyl halides is 12. The van der Waals surface area contributed by atoms with Gasteiger partial charge in [0.25, 0.3) is 11.1 Å². The molecule has 0 aliphatic heterocycles. The largest absolute Gasteiger partial charge is 1.00 e. The quantitative estimate of drug-likeness (QED) is 0.0469. The van der Waals surface area contributed by atoms with E-state index in [0.717, 1.165) is 61.2 Å². The smallest absolute Gasteiger partial charge is 0.857 e. The van der Waals surface area contributed by atoms with Crippen molar-refractivity contribution in [1.29, 1.82) is 21.0 Å². The zero-order valence-electron chi connectivity index (χ0n) is 65.5. The van der Waals surface area contributed by atoms with Crippen molar-refractivity contribution in [3.05, 3.63) is 169 Å². The van der Waals surface area contributed by atoms with Crippen molar-refractivity contribution in [2.75, 3.05) is 64.6 Å². The van der Waals surface area contributed by atoms with Crippen molar-refractivity contribution in [3.8, 4) is 35.8 Å². The number of carbonyl (C=O) groups excluding carboxylic acids is 6. The van der Waals surface area contributed by atoms with Gasteiger partial charge in [-0.15, -0.1) is 30.6 Å². The third kappa shape index (κ3) is 45.2. The molecule has 6 heterocycles. The van der Waals surface area contributed by atoms with Crippen molar-refractivity contribution in [3.63, 3.8) is 0 Å². The Kier molecular flexibility index (Phi) is 62.0. The average molecular weight is 1800 g/mol. The van der Waals surface area contributed by atoms with Gasteiger partial charge < -0.3 is 63.0 Å². The summed E-state index contributed by atoms with van der Waals surface area (Å²) in [7, 11) is 3.50. The van der Waals surface area contributed by atoms with E-state index in [2.05, 4.69) is 50.0 Å². The number of aliphatic hydroxyl groups is 2. The van der Waals surface area contributed by atoms with Crippen LogP contribution in [0.25, 0.3) is 22.1 Å². The van der Waals surface area contributed by atoms with Gasteiger partial charge in [0.1, 0.15) is 48.5 Å². The van der Waals surface area contributed by atoms with Gasteiger partial charge in [0.15, 0.2) is 11.6 Å². The summed E-state index contributed by atoms with van der Waals surface area (Å²) in [6.45, 7) is 13.7. The van der Waals surface area contributed by atoms with Gasteiger partial charge in [0, 0.05) is 39.2 Å². The Hall–Kier alpha value is -11.1. The first-order valence-electron chi connectivity index (χ1n) is 31.2. The maximum absolute atomic E-state index is 12.7. The molecule has 34 nitrogen and oxygen atoms in total. The summed E-state index contributed by atoms with van der Waals surface area (Å²) in [5.41, 5.74) is 24.3. The first-order valence-corrected chi connectivity index (χ1v) is 34.5. The number of hydrogen-bond acceptors (Lipinski definition) is 36. The predicted molar refractivity (Wildman–Crippen MR) is 404 cm³/mol. The van der Waals surface area contributed by atoms with Crippen molar-refractivity contribution < 1.29 is 181 Å². The first-order chi connectivity index (χ1) is 55.2. The molecule has 0 fully saturated rings. The predicted octanol–water partition coefficient (Wildman–Crippen LogP) is 2.91. The second-order valence-corrected chi connectivity index (χ2v) is 23.8. The van der Waals surface area contributed by atoms with Crippen LogP contribution in [0.2, 0.25) is 0 Å². The number of hydrogen-bond donors (Lipinski definition) is 8. The minimum atomic E-state index is -4.65. The number of ketones is 2. The zero-order chi connectivity index (χ0) is 92.2. The van der Waals surface area contributed by atoms with Crippen molar-refractivity contribution >= 4 is 125 Å². The summed E-state index contributed by atoms with van der Waals surface area (Å²) < 4.78 is 157. The van der Waals surface area contributed by atoms with Gasteiger partial charge in [-0.05, 0) is 148 Å². The number of anilines is 4. The number of fused-ring (bicyclic) bond motifs is 2. The second-order valence-electron chi connectivity index (χ2n) is 19.9. The number of esters is 2. The standard InChI is InChI=1S/2C14H9F3N4O2S.2C8H8O2.2C5H7NO2.2C3H2F3N3S.2C2H3N.2CH4O.2CH3O.2Na/c2*1-6-4-7(2-3-9(6)22)5-8-10(18)21-13(19-11(8)23)24-12(20-21)14(15,16)17;2*1-6-4-7(5-9)2-3-8(6)10;2*1-2-8-5(7)3-4-6;2*4-3(5,6)1-8-9-2(7)10-1;2*1-2-3;4*1-2;;/h2*2-5H,18H2,1H3;2*2-5,10H,1H3;2*2-3H2,1H3;2*(H2,7,9);2*1H3;2*2H,1H3;2*1H3;;/q;;;;;;;;;;;;2*-1;2*+1. The number of aromatic nitrogens is 10. The third-order valence-corrected chi connectivity index (χ3v) is 15.1. The first kappa shape index (κ1) is 120. The normalized spacial score (nSPS) is 11.6. The molecule has 2 aliphatic carbocycles. The van der Waals surface area contributed by atoms with Crippen LogP contribution in [0.1, 0.15) is 117 Å². The Bertz CT molecular complexity index is 4800. The number of aryl methyl sites for hydroxylation is 2. The fourth-order valence-electron chi connectivity index (χ4n) is 6.88. The summed E-state index contributed by atoms with van der Waals surface area (Å²) in [6, 6.07) is 16.3. The molecule has 10 rings (SSSR count). The second kappa shape index (κ2) is 62.1. The number of aldehydes is 2. The number of allylic oxidation sites excluding steroid dienone is 10. The Morgan fingerprint density at radius 1 is 0.508 bits per heavy atom. The van der Waals surface area contributed by atoms with E-state index >= 15 is 0 Å². The molecule has 8 aromatic rings. The number of rotatable bonds is 8. The Morgan fingerprint density at radius 2 is 0.792 bits per heavy atom. The topological polar surface area (TPSA) is 593 Å². The molecule has 2 aliphatic rings. The maximum Gasteiger partial charge on any atom is 1.00 e. The molecule has 0 radical (unpaired) electrons. The summed E-state index contributed by atoms with van der Waals surface area (Å²) in [6.07, 6.45) is -5.53. The minimum absolute atomic E-state index is 0. The van der Waals surface area contributed by atoms with E-state index < -0.39 is 67.8 Å². The van der Waals surface area contributed by atoms with Crippen LogP contribution in [0, 0.1) is 59.2 Å². The van der Waals surface area contributed by atoms with E-state index in [-0.39, 0.29) is 161 Å². The molecular formula is C68H72F12N18Na2O16S4. The van der Waals surface area contributed by atoms with Crippen LogP contribution in [0.3, 0.4) is 0 Å². The number of carbonyl (C=O) groups is 6. The molecule has 0 atom stereocenters. The number of aromatic hydroxyl groups is 2. The number of nitriles is 4. The SMILES string of the molecule is CC#N.CC#N.CC1=CC(=Cc2c(N)n3nc(C(F)(F)F)sc3nc2=O)C=CC1=O.CC1=CC(=Cc2c(N)n3nc(C(F)(F)F)sc3nc2=O)C=CC1=O.CCOC(=O)CC#N.CCOC(=O)CC#N.CO.CO.C[O-].C[O-].Cc1cc(C=O)ccc1O.Cc1cc(C=O)ccc1O.Nc1nnc(C(F)(F)F)s1.Nc1nnc(C(F)(F)F)s1.[Na+].[Na+]. The molecule has 2 aromatic carbocycles. The molecule has 0 spiro atoms. The Morgan fingerprint density at radius 3 is 1.00 bits per heavy atom. The van der Waals surface area contributed by atoms with Gasteiger partial charge in [-0.3, -0.25) is 38.4 Å². The van der Waals surface area contributed by atoms with E-state index in [1.807, 2.05) is 0 Å². The minimum Gasteiger partial charge on any atom is -0.857 e. The molecule has 0 unspecified atom stereocenters. The van der Waals surface area contributed by atoms with Crippen LogP contribution >= 0.6 is 45.3 Å². The Balaban J connectivity index is -0.000000313. The fourth-order valence-corrected chi connectivity index (χ4v) is 9.36. The van der Waals surface area contributed by atoms with Crippen molar-refractivity contribution in [1.82, 2.24) is 49.6 Å². The molecule has 0 saturated carbocycles. The molecule has 640 valence electrons. The third-order valence-electron chi connectivity index (χ3n) is 11.6. The van der Waals surface area contributed by atoms with Gasteiger partial charge in [-0.2, -0.15) is 107 Å². The summed E-state index contributed by atoms with van der Waals surface area (Å²) >= 11 is 1.12. The molecule has 6 aromatic heterocycles. The summed E-state index contributed by atoms with van der Waals surface area (Å²) in [4.78, 5) is 94.4. The van der Waals surface area contributed by atoms with Crippen molar-refractivity contribution in [2.45, 2.75) is 92.9 Å². The van der Waals surface area contributed by atoms with Crippen LogP contribution in [0.4, 0.5) is 74.6 Å². The number of ether oxygens (including phenoxy) is 2. The van der Waals surface area contributed by atoms with Crippen LogP contribution in [-0.2, 0) is 53.4 Å². The fraction of sp³-hybridized carbons (Fsp3) is 0.294. The van der Waals surface area contributed by atoms with Crippen LogP contribution in [-0.4, -0.2) is 148 Å². The van der Waals surface area contributed by atoms with E-state index in [4.69, 9.17) is 74.6 Å². The Labute approximate surface area is 733 Å². The van der Waals surface area contributed by atoms with Gasteiger partial charge in [0.2, 0.25) is 40.2 Å². The number of aliphatic hydroxyl groups excluding tert-OH is 2. The number of phenols is 2. The zero-order valence-corrected chi connectivity index (χ0v) is 72.8. The van der Waals surface area contributed by atoms with Crippen LogP contribution < -0.4 is 103 Å². The molecule has 0 bridgehead atoms. The van der Waals surface area contributed by atoms with E-state index in [1.165, 1.54) is 74.6 Å². The maximum atomic E-state index is 12.7. The van der Waals surface area contributed by atoms with Gasteiger partial charge >= 0.3 is 95.8 Å². The average Bonchev–Trinajstić information content (AvgIpc) is 1.62. The van der Waals surface area contributed by atoms with E-state index in [0.29, 0.717) is 69.3 Å². The molecule has 12 N–H and O–H groups in total. The summed E-state index contributed by atoms with van der Waals surface area (Å²) in [5.74, 6) is -1.28. The number of nitrogens with two attached hydrogens (primary N) is 4. The number of nitrogens with zero attached hydrogens (tertiary/aromatic N) is 14. The van der Waals surface area contributed by atoms with Crippen LogP contribution in [0.15, 0.2) is 105 Å². The van der Waals surface area contributed by atoms with Gasteiger partial charge in [-0.1, -0.05) is 57.5 Å². The number of halogens is 12. The molecule has 120 heavy (non-hydrogen) atoms. The van der Waals surface area contributed by atoms with Crippen molar-refractivity contribution in [2.24, 2.45) is 0 Å². The van der Waals surface area contributed by atoms with Gasteiger partial charge in [0.05, 0.1) is 48.6 Å².